The molecule has 9 heteroatoms. The Hall–Kier alpha value is -3.33. The van der Waals surface area contributed by atoms with Gasteiger partial charge in [-0.15, -0.1) is 5.10 Å². The molecule has 0 aliphatic rings. The average Bonchev–Trinajstić information content (AvgIpc) is 3.24. The molecule has 0 spiro atoms. The number of hydrogen-bond donors (Lipinski definition) is 0. The van der Waals surface area contributed by atoms with E-state index in [1.165, 1.54) is 0 Å². The van der Waals surface area contributed by atoms with E-state index in [0.717, 1.165) is 29.0 Å². The molecule has 0 saturated carbocycles. The smallest absolute Gasteiger partial charge is 0.336 e. The number of methoxy groups -OCH3 is 2. The van der Waals surface area contributed by atoms with E-state index < -0.39 is 0 Å². The number of anilines is 1. The summed E-state index contributed by atoms with van der Waals surface area (Å²) in [6, 6.07) is 16.4. The minimum absolute atomic E-state index is 0.00566. The highest BCUT2D eigenvalue weighted by atomic mass is 79.9. The number of aromatic nitrogens is 4. The Morgan fingerprint density at radius 2 is 1.47 bits per heavy atom. The van der Waals surface area contributed by atoms with Crippen LogP contribution in [0.15, 0.2) is 59.3 Å². The first-order valence-corrected chi connectivity index (χ1v) is 11.9. The molecule has 2 aromatic carbocycles. The van der Waals surface area contributed by atoms with Gasteiger partial charge in [-0.2, -0.15) is 4.98 Å². The lowest BCUT2D eigenvalue weighted by molar-refractivity contribution is 0.196. The van der Waals surface area contributed by atoms with Crippen LogP contribution < -0.4 is 19.1 Å². The van der Waals surface area contributed by atoms with Gasteiger partial charge in [-0.05, 0) is 64.7 Å². The lowest BCUT2D eigenvalue weighted by Crippen LogP contribution is -2.25. The van der Waals surface area contributed by atoms with E-state index in [4.69, 9.17) is 19.2 Å². The third kappa shape index (κ3) is 5.59. The van der Waals surface area contributed by atoms with Crippen LogP contribution in [0.25, 0.3) is 5.65 Å². The van der Waals surface area contributed by atoms with Gasteiger partial charge in [0.15, 0.2) is 11.5 Å². The molecule has 4 aromatic rings. The molecule has 2 aromatic heterocycles. The average molecular weight is 526 g/mol. The molecule has 1 atom stereocenters. The van der Waals surface area contributed by atoms with Crippen molar-refractivity contribution in [3.63, 3.8) is 0 Å². The van der Waals surface area contributed by atoms with Crippen molar-refractivity contribution in [1.29, 1.82) is 0 Å². The second kappa shape index (κ2) is 10.7. The molecule has 0 aliphatic carbocycles. The monoisotopic (exact) mass is 525 g/mol. The van der Waals surface area contributed by atoms with Gasteiger partial charge in [-0.1, -0.05) is 31.2 Å². The fourth-order valence-electron chi connectivity index (χ4n) is 3.46. The molecule has 34 heavy (non-hydrogen) atoms. The SMILES string of the molecule is CCC(C)Oc1nc(N(Cc2ccc(OC)cc2)Cc2ccc(OC)cc2)c2nc(Br)cn2n1. The zero-order valence-corrected chi connectivity index (χ0v) is 21.3. The van der Waals surface area contributed by atoms with Gasteiger partial charge < -0.3 is 19.1 Å². The fourth-order valence-corrected chi connectivity index (χ4v) is 3.82. The van der Waals surface area contributed by atoms with Crippen LogP contribution in [0.2, 0.25) is 0 Å². The number of ether oxygens (including phenoxy) is 3. The van der Waals surface area contributed by atoms with Gasteiger partial charge in [0.1, 0.15) is 16.1 Å². The number of rotatable bonds is 10. The summed E-state index contributed by atoms with van der Waals surface area (Å²) >= 11 is 3.48. The molecular weight excluding hydrogens is 498 g/mol. The minimum Gasteiger partial charge on any atom is -0.497 e. The molecule has 0 bridgehead atoms. The molecule has 0 amide bonds. The highest BCUT2D eigenvalue weighted by molar-refractivity contribution is 9.10. The van der Waals surface area contributed by atoms with Crippen molar-refractivity contribution in [1.82, 2.24) is 19.6 Å². The van der Waals surface area contributed by atoms with Crippen molar-refractivity contribution in [2.24, 2.45) is 0 Å². The van der Waals surface area contributed by atoms with E-state index in [9.17, 15) is 0 Å². The lowest BCUT2D eigenvalue weighted by Gasteiger charge is -2.25. The van der Waals surface area contributed by atoms with Gasteiger partial charge in [0, 0.05) is 13.1 Å². The third-order valence-corrected chi connectivity index (χ3v) is 5.88. The number of hydrogen-bond acceptors (Lipinski definition) is 7. The first-order valence-electron chi connectivity index (χ1n) is 11.1. The van der Waals surface area contributed by atoms with Crippen molar-refractivity contribution in [3.8, 4) is 17.5 Å². The highest BCUT2D eigenvalue weighted by Crippen LogP contribution is 2.27. The summed E-state index contributed by atoms with van der Waals surface area (Å²) in [5.74, 6) is 2.32. The summed E-state index contributed by atoms with van der Waals surface area (Å²) in [4.78, 5) is 11.6. The van der Waals surface area contributed by atoms with E-state index in [-0.39, 0.29) is 6.10 Å². The molecule has 0 radical (unpaired) electrons. The third-order valence-electron chi connectivity index (χ3n) is 5.50. The second-order valence-corrected chi connectivity index (χ2v) is 8.75. The van der Waals surface area contributed by atoms with Crippen molar-refractivity contribution < 1.29 is 14.2 Å². The summed E-state index contributed by atoms with van der Waals surface area (Å²) in [5.41, 5.74) is 2.87. The molecule has 0 N–H and O–H groups in total. The standard InChI is InChI=1S/C25H28BrN5O3/c1-5-17(2)34-25-28-23(24-27-22(26)16-31(24)29-25)30(14-18-6-10-20(32-3)11-7-18)15-19-8-12-21(33-4)13-9-19/h6-13,16-17H,5,14-15H2,1-4H3. The Bertz CT molecular complexity index is 1180. The predicted molar refractivity (Wildman–Crippen MR) is 135 cm³/mol. The van der Waals surface area contributed by atoms with E-state index in [0.29, 0.717) is 35.2 Å². The van der Waals surface area contributed by atoms with Crippen molar-refractivity contribution in [2.75, 3.05) is 19.1 Å². The van der Waals surface area contributed by atoms with E-state index in [1.807, 2.05) is 37.4 Å². The molecular formula is C25H28BrN5O3. The summed E-state index contributed by atoms with van der Waals surface area (Å²) in [6.45, 7) is 5.28. The van der Waals surface area contributed by atoms with Crippen LogP contribution in [0.5, 0.6) is 17.5 Å². The van der Waals surface area contributed by atoms with Crippen LogP contribution in [0.3, 0.4) is 0 Å². The topological polar surface area (TPSA) is 74.0 Å². The largest absolute Gasteiger partial charge is 0.497 e. The zero-order chi connectivity index (χ0) is 24.1. The summed E-state index contributed by atoms with van der Waals surface area (Å²) in [6.07, 6.45) is 2.66. The predicted octanol–water partition coefficient (Wildman–Crippen LogP) is 5.29. The maximum Gasteiger partial charge on any atom is 0.336 e. The van der Waals surface area contributed by atoms with Gasteiger partial charge in [-0.3, -0.25) is 0 Å². The first-order chi connectivity index (χ1) is 16.5. The number of benzene rings is 2. The molecule has 0 fully saturated rings. The van der Waals surface area contributed by atoms with E-state index in [2.05, 4.69) is 62.1 Å². The Labute approximate surface area is 207 Å². The van der Waals surface area contributed by atoms with Crippen LogP contribution in [-0.2, 0) is 13.1 Å². The highest BCUT2D eigenvalue weighted by Gasteiger charge is 2.20. The normalized spacial score (nSPS) is 11.9. The summed E-state index contributed by atoms with van der Waals surface area (Å²) < 4.78 is 19.0. The van der Waals surface area contributed by atoms with Crippen molar-refractivity contribution in [2.45, 2.75) is 39.5 Å². The summed E-state index contributed by atoms with van der Waals surface area (Å²) in [7, 11) is 3.33. The Balaban J connectivity index is 1.76. The van der Waals surface area contributed by atoms with Crippen LogP contribution in [-0.4, -0.2) is 39.9 Å². The van der Waals surface area contributed by atoms with Crippen molar-refractivity contribution >= 4 is 27.4 Å². The van der Waals surface area contributed by atoms with Crippen LogP contribution in [0.1, 0.15) is 31.4 Å². The van der Waals surface area contributed by atoms with Gasteiger partial charge in [0.25, 0.3) is 0 Å². The molecule has 1 unspecified atom stereocenters. The molecule has 2 heterocycles. The Kier molecular flexibility index (Phi) is 7.52. The minimum atomic E-state index is -0.00566. The van der Waals surface area contributed by atoms with E-state index in [1.54, 1.807) is 18.7 Å². The number of fused-ring (bicyclic) bond motifs is 1. The maximum absolute atomic E-state index is 5.99. The van der Waals surface area contributed by atoms with Gasteiger partial charge in [0.05, 0.1) is 26.5 Å². The Morgan fingerprint density at radius 3 is 1.97 bits per heavy atom. The maximum atomic E-state index is 5.99. The van der Waals surface area contributed by atoms with Crippen LogP contribution in [0.4, 0.5) is 5.82 Å². The number of nitrogens with zero attached hydrogens (tertiary/aromatic N) is 5. The quantitative estimate of drug-likeness (QED) is 0.278. The number of halogens is 1. The fraction of sp³-hybridized carbons (Fsp3) is 0.320. The van der Waals surface area contributed by atoms with E-state index >= 15 is 0 Å². The Morgan fingerprint density at radius 1 is 0.912 bits per heavy atom. The van der Waals surface area contributed by atoms with Crippen LogP contribution >= 0.6 is 15.9 Å². The number of imidazole rings is 1. The zero-order valence-electron chi connectivity index (χ0n) is 19.7. The van der Waals surface area contributed by atoms with Gasteiger partial charge >= 0.3 is 6.01 Å². The summed E-state index contributed by atoms with van der Waals surface area (Å²) in [5, 5.41) is 4.52. The molecule has 4 rings (SSSR count). The van der Waals surface area contributed by atoms with Gasteiger partial charge in [-0.25, -0.2) is 9.50 Å². The lowest BCUT2D eigenvalue weighted by atomic mass is 10.1. The molecule has 0 saturated heterocycles. The van der Waals surface area contributed by atoms with Crippen molar-refractivity contribution in [3.05, 3.63) is 70.5 Å². The molecule has 0 aliphatic heterocycles. The van der Waals surface area contributed by atoms with Crippen LogP contribution in [0, 0.1) is 0 Å². The molecule has 8 nitrogen and oxygen atoms in total. The first kappa shape index (κ1) is 23.8. The van der Waals surface area contributed by atoms with Gasteiger partial charge in [0.2, 0.25) is 0 Å². The molecule has 178 valence electrons. The second-order valence-electron chi connectivity index (χ2n) is 7.94.